The molecule has 2 heterocycles. The fourth-order valence-electron chi connectivity index (χ4n) is 4.76. The van der Waals surface area contributed by atoms with Crippen molar-refractivity contribution in [1.82, 2.24) is 20.2 Å². The molecule has 4 aromatic rings. The van der Waals surface area contributed by atoms with Crippen LogP contribution in [0.2, 0.25) is 5.02 Å². The first kappa shape index (κ1) is 29.1. The molecule has 1 aromatic heterocycles. The summed E-state index contributed by atoms with van der Waals surface area (Å²) in [7, 11) is 0. The normalized spacial score (nSPS) is 16.5. The van der Waals surface area contributed by atoms with Crippen LogP contribution in [-0.4, -0.2) is 56.3 Å². The number of aromatic amines is 1. The molecule has 1 saturated heterocycles. The molecule has 0 radical (unpaired) electrons. The monoisotopic (exact) mass is 686 g/mol. The summed E-state index contributed by atoms with van der Waals surface area (Å²) in [6.07, 6.45) is -0.632. The van der Waals surface area contributed by atoms with E-state index < -0.39 is 36.7 Å². The fourth-order valence-corrected chi connectivity index (χ4v) is 5.71. The summed E-state index contributed by atoms with van der Waals surface area (Å²) < 4.78 is 6.46. The van der Waals surface area contributed by atoms with Gasteiger partial charge >= 0.3 is 6.03 Å². The summed E-state index contributed by atoms with van der Waals surface area (Å²) in [5.74, 6) is 0.541. The van der Waals surface area contributed by atoms with Crippen molar-refractivity contribution >= 4 is 46.1 Å². The average molecular weight is 687 g/mol. The molecule has 1 aliphatic heterocycles. The molecule has 0 unspecified atom stereocenters. The predicted molar refractivity (Wildman–Crippen MR) is 163 cm³/mol. The number of aliphatic hydroxyl groups is 2. The second kappa shape index (κ2) is 12.6. The first-order valence-corrected chi connectivity index (χ1v) is 14.4. The largest absolute Gasteiger partial charge is 0.491 e. The molecule has 3 aromatic carbocycles. The summed E-state index contributed by atoms with van der Waals surface area (Å²) in [4.78, 5) is 36.5. The van der Waals surface area contributed by atoms with E-state index in [1.165, 1.54) is 4.90 Å². The molecule has 5 rings (SSSR count). The van der Waals surface area contributed by atoms with E-state index in [0.29, 0.717) is 34.3 Å². The van der Waals surface area contributed by atoms with Gasteiger partial charge in [0.1, 0.15) is 36.4 Å². The zero-order chi connectivity index (χ0) is 29.1. The standard InChI is InChI=1S/C30H28ClIN4O5/c1-17-26(23-12-9-20(32)14-24(23)31)34-28(33-17)25(13-18-5-3-2-4-6-18)36-29(39)27(35-30(36)40)19-7-10-22(11-8-19)41-16-21(38)15-37/h2-12,14,21,25,27,37-38H,13,15-16H2,1H3,(H,33,34)(H,35,40)/t21-,25-,27+/m0/s1. The highest BCUT2D eigenvalue weighted by molar-refractivity contribution is 14.1. The van der Waals surface area contributed by atoms with Crippen LogP contribution in [-0.2, 0) is 11.2 Å². The van der Waals surface area contributed by atoms with Gasteiger partial charge in [0.05, 0.1) is 23.0 Å². The van der Waals surface area contributed by atoms with Crippen molar-refractivity contribution in [3.05, 3.63) is 104 Å². The third-order valence-corrected chi connectivity index (χ3v) is 7.82. The Morgan fingerprint density at radius 1 is 1.10 bits per heavy atom. The molecule has 4 N–H and O–H groups in total. The molecule has 9 nitrogen and oxygen atoms in total. The Balaban J connectivity index is 1.45. The highest BCUT2D eigenvalue weighted by atomic mass is 127. The molecule has 3 amide bonds. The van der Waals surface area contributed by atoms with Gasteiger partial charge in [-0.05, 0) is 64.9 Å². The molecule has 11 heteroatoms. The SMILES string of the molecule is Cc1nc([C@H](Cc2ccccc2)N2C(=O)N[C@H](c3ccc(OC[C@@H](O)CO)cc3)C2=O)[nH]c1-c1ccc(I)cc1Cl. The van der Waals surface area contributed by atoms with E-state index in [1.807, 2.05) is 55.5 Å². The second-order valence-electron chi connectivity index (χ2n) is 9.72. The van der Waals surface area contributed by atoms with Crippen LogP contribution < -0.4 is 10.1 Å². The van der Waals surface area contributed by atoms with E-state index in [-0.39, 0.29) is 6.61 Å². The van der Waals surface area contributed by atoms with Crippen molar-refractivity contribution in [1.29, 1.82) is 0 Å². The highest BCUT2D eigenvalue weighted by Crippen LogP contribution is 2.35. The van der Waals surface area contributed by atoms with Crippen LogP contribution in [0, 0.1) is 10.5 Å². The topological polar surface area (TPSA) is 128 Å². The van der Waals surface area contributed by atoms with Gasteiger partial charge in [-0.1, -0.05) is 60.1 Å². The maximum atomic E-state index is 13.8. The molecule has 3 atom stereocenters. The van der Waals surface area contributed by atoms with Crippen LogP contribution in [0.1, 0.15) is 34.7 Å². The number of H-pyrrole nitrogens is 1. The van der Waals surface area contributed by atoms with E-state index in [9.17, 15) is 14.7 Å². The summed E-state index contributed by atoms with van der Waals surface area (Å²) in [5, 5.41) is 21.9. The zero-order valence-corrected chi connectivity index (χ0v) is 25.0. The summed E-state index contributed by atoms with van der Waals surface area (Å²) >= 11 is 8.75. The lowest BCUT2D eigenvalue weighted by Crippen LogP contribution is -2.36. The number of carbonyl (C=O) groups is 2. The minimum Gasteiger partial charge on any atom is -0.491 e. The van der Waals surface area contributed by atoms with Gasteiger partial charge in [-0.2, -0.15) is 0 Å². The molecule has 41 heavy (non-hydrogen) atoms. The molecule has 0 bridgehead atoms. The first-order chi connectivity index (χ1) is 19.7. The number of benzene rings is 3. The number of nitrogens with one attached hydrogen (secondary N) is 2. The molecule has 212 valence electrons. The number of halogens is 2. The van der Waals surface area contributed by atoms with Gasteiger partial charge in [0.25, 0.3) is 5.91 Å². The minimum absolute atomic E-state index is 0.0676. The summed E-state index contributed by atoms with van der Waals surface area (Å²) in [6, 6.07) is 19.9. The number of aryl methyl sites for hydroxylation is 1. The smallest absolute Gasteiger partial charge is 0.325 e. The van der Waals surface area contributed by atoms with E-state index >= 15 is 0 Å². The number of rotatable bonds is 10. The summed E-state index contributed by atoms with van der Waals surface area (Å²) in [5.41, 5.74) is 3.74. The Bertz CT molecular complexity index is 1550. The predicted octanol–water partition coefficient (Wildman–Crippen LogP) is 4.95. The van der Waals surface area contributed by atoms with Crippen LogP contribution in [0.15, 0.2) is 72.8 Å². The molecule has 0 saturated carbocycles. The number of imidazole rings is 1. The number of carbonyl (C=O) groups excluding carboxylic acids is 2. The zero-order valence-electron chi connectivity index (χ0n) is 22.1. The minimum atomic E-state index is -0.993. The van der Waals surface area contributed by atoms with Gasteiger partial charge in [0.2, 0.25) is 0 Å². The van der Waals surface area contributed by atoms with Gasteiger partial charge in [-0.15, -0.1) is 0 Å². The van der Waals surface area contributed by atoms with Crippen LogP contribution in [0.5, 0.6) is 5.75 Å². The second-order valence-corrected chi connectivity index (χ2v) is 11.4. The number of nitrogens with zero attached hydrogens (tertiary/aromatic N) is 2. The van der Waals surface area contributed by atoms with Crippen molar-refractivity contribution in [2.45, 2.75) is 31.5 Å². The molecule has 0 spiro atoms. The third-order valence-electron chi connectivity index (χ3n) is 6.84. The number of aliphatic hydroxyl groups excluding tert-OH is 2. The molecule has 0 aliphatic carbocycles. The summed E-state index contributed by atoms with van der Waals surface area (Å²) in [6.45, 7) is 1.39. The number of hydrogen-bond acceptors (Lipinski definition) is 6. The molecular formula is C30H28ClIN4O5. The van der Waals surface area contributed by atoms with Gasteiger partial charge < -0.3 is 25.3 Å². The van der Waals surface area contributed by atoms with Crippen molar-refractivity contribution < 1.29 is 24.5 Å². The number of aromatic nitrogens is 2. The van der Waals surface area contributed by atoms with Gasteiger partial charge in [-0.25, -0.2) is 9.78 Å². The van der Waals surface area contributed by atoms with E-state index in [1.54, 1.807) is 24.3 Å². The van der Waals surface area contributed by atoms with Crippen molar-refractivity contribution in [2.24, 2.45) is 0 Å². The maximum Gasteiger partial charge on any atom is 0.325 e. The van der Waals surface area contributed by atoms with Crippen molar-refractivity contribution in [2.75, 3.05) is 13.2 Å². The molecule has 1 aliphatic rings. The maximum absolute atomic E-state index is 13.8. The Morgan fingerprint density at radius 3 is 2.51 bits per heavy atom. The molecular weight excluding hydrogens is 659 g/mol. The van der Waals surface area contributed by atoms with E-state index in [4.69, 9.17) is 26.4 Å². The average Bonchev–Trinajstić information content (AvgIpc) is 3.49. The Kier molecular flexibility index (Phi) is 8.93. The molecule has 1 fully saturated rings. The van der Waals surface area contributed by atoms with E-state index in [2.05, 4.69) is 32.9 Å². The number of ether oxygens (including phenoxy) is 1. The number of urea groups is 1. The van der Waals surface area contributed by atoms with Gasteiger partial charge in [0.15, 0.2) is 0 Å². The van der Waals surface area contributed by atoms with Gasteiger partial charge in [0, 0.05) is 15.6 Å². The van der Waals surface area contributed by atoms with Crippen LogP contribution in [0.4, 0.5) is 4.79 Å². The highest BCUT2D eigenvalue weighted by Gasteiger charge is 2.44. The van der Waals surface area contributed by atoms with Crippen LogP contribution in [0.25, 0.3) is 11.3 Å². The number of amides is 3. The van der Waals surface area contributed by atoms with E-state index in [0.717, 1.165) is 20.4 Å². The Morgan fingerprint density at radius 2 is 1.83 bits per heavy atom. The first-order valence-electron chi connectivity index (χ1n) is 13.0. The quantitative estimate of drug-likeness (QED) is 0.138. The fraction of sp³-hybridized carbons (Fsp3) is 0.233. The lowest BCUT2D eigenvalue weighted by molar-refractivity contribution is -0.129. The van der Waals surface area contributed by atoms with Gasteiger partial charge in [-0.3, -0.25) is 9.69 Å². The van der Waals surface area contributed by atoms with Crippen LogP contribution >= 0.6 is 34.2 Å². The van der Waals surface area contributed by atoms with Crippen LogP contribution in [0.3, 0.4) is 0 Å². The lowest BCUT2D eigenvalue weighted by Gasteiger charge is -2.24. The van der Waals surface area contributed by atoms with Crippen molar-refractivity contribution in [3.8, 4) is 17.0 Å². The third kappa shape index (κ3) is 6.40. The Labute approximate surface area is 255 Å². The Hall–Kier alpha value is -3.45. The number of hydrogen-bond donors (Lipinski definition) is 4. The van der Waals surface area contributed by atoms with Crippen molar-refractivity contribution in [3.63, 3.8) is 0 Å². The number of imide groups is 1. The lowest BCUT2D eigenvalue weighted by atomic mass is 10.0.